The Bertz CT molecular complexity index is 802. The standard InChI is InChI=1S/C20H23N3S/c1-14(2)17-9-11-18(12-10-17)19-21-22-20(23(19)4)24-13-16-7-5-15(3)6-8-16/h5-12,14H,13H2,1-4H3. The van der Waals surface area contributed by atoms with E-state index in [-0.39, 0.29) is 0 Å². The average Bonchev–Trinajstić information content (AvgIpc) is 2.95. The van der Waals surface area contributed by atoms with Crippen LogP contribution in [0.4, 0.5) is 0 Å². The summed E-state index contributed by atoms with van der Waals surface area (Å²) in [7, 11) is 2.03. The number of rotatable bonds is 5. The van der Waals surface area contributed by atoms with Crippen molar-refractivity contribution >= 4 is 11.8 Å². The summed E-state index contributed by atoms with van der Waals surface area (Å²) in [5.74, 6) is 2.36. The number of nitrogens with zero attached hydrogens (tertiary/aromatic N) is 3. The maximum absolute atomic E-state index is 4.38. The van der Waals surface area contributed by atoms with Crippen LogP contribution in [-0.2, 0) is 12.8 Å². The molecule has 0 aliphatic carbocycles. The number of benzene rings is 2. The molecule has 1 heterocycles. The lowest BCUT2D eigenvalue weighted by atomic mass is 10.0. The van der Waals surface area contributed by atoms with Crippen molar-refractivity contribution in [3.63, 3.8) is 0 Å². The molecule has 0 atom stereocenters. The third-order valence-electron chi connectivity index (χ3n) is 4.16. The molecule has 0 radical (unpaired) electrons. The molecule has 0 saturated carbocycles. The Labute approximate surface area is 148 Å². The molecule has 4 heteroatoms. The molecule has 124 valence electrons. The highest BCUT2D eigenvalue weighted by molar-refractivity contribution is 7.98. The minimum atomic E-state index is 0.541. The minimum absolute atomic E-state index is 0.541. The van der Waals surface area contributed by atoms with Crippen LogP contribution < -0.4 is 0 Å². The third-order valence-corrected chi connectivity index (χ3v) is 5.25. The topological polar surface area (TPSA) is 30.7 Å². The normalized spacial score (nSPS) is 11.2. The molecule has 24 heavy (non-hydrogen) atoms. The van der Waals surface area contributed by atoms with Crippen molar-refractivity contribution in [3.05, 3.63) is 65.2 Å². The number of aryl methyl sites for hydroxylation is 1. The Hall–Kier alpha value is -2.07. The molecule has 0 spiro atoms. The lowest BCUT2D eigenvalue weighted by Gasteiger charge is -2.07. The molecular formula is C20H23N3S. The average molecular weight is 337 g/mol. The first-order valence-corrected chi connectivity index (χ1v) is 9.21. The predicted molar refractivity (Wildman–Crippen MR) is 101 cm³/mol. The molecule has 0 N–H and O–H groups in total. The van der Waals surface area contributed by atoms with Gasteiger partial charge < -0.3 is 4.57 Å². The van der Waals surface area contributed by atoms with Gasteiger partial charge in [-0.3, -0.25) is 0 Å². The van der Waals surface area contributed by atoms with Gasteiger partial charge in [0.05, 0.1) is 0 Å². The summed E-state index contributed by atoms with van der Waals surface area (Å²) in [6.07, 6.45) is 0. The molecular weight excluding hydrogens is 314 g/mol. The van der Waals surface area contributed by atoms with Crippen LogP contribution in [-0.4, -0.2) is 14.8 Å². The lowest BCUT2D eigenvalue weighted by molar-refractivity contribution is 0.793. The first-order chi connectivity index (χ1) is 11.5. The smallest absolute Gasteiger partial charge is 0.191 e. The number of thioether (sulfide) groups is 1. The highest BCUT2D eigenvalue weighted by Crippen LogP contribution is 2.26. The van der Waals surface area contributed by atoms with Crippen LogP contribution in [0.2, 0.25) is 0 Å². The van der Waals surface area contributed by atoms with Crippen molar-refractivity contribution < 1.29 is 0 Å². The second kappa shape index (κ2) is 7.22. The Kier molecular flexibility index (Phi) is 5.05. The summed E-state index contributed by atoms with van der Waals surface area (Å²) < 4.78 is 2.07. The van der Waals surface area contributed by atoms with Crippen LogP contribution in [0.3, 0.4) is 0 Å². The predicted octanol–water partition coefficient (Wildman–Crippen LogP) is 5.21. The zero-order valence-electron chi connectivity index (χ0n) is 14.7. The van der Waals surface area contributed by atoms with Gasteiger partial charge in [0.2, 0.25) is 0 Å². The van der Waals surface area contributed by atoms with Crippen molar-refractivity contribution in [1.29, 1.82) is 0 Å². The second-order valence-electron chi connectivity index (χ2n) is 6.42. The van der Waals surface area contributed by atoms with E-state index in [2.05, 4.69) is 84.1 Å². The van der Waals surface area contributed by atoms with Gasteiger partial charge in [-0.2, -0.15) is 0 Å². The molecule has 0 aliphatic heterocycles. The molecule has 1 aromatic heterocycles. The van der Waals surface area contributed by atoms with Crippen LogP contribution >= 0.6 is 11.8 Å². The monoisotopic (exact) mass is 337 g/mol. The van der Waals surface area contributed by atoms with Gasteiger partial charge in [0.1, 0.15) is 0 Å². The third kappa shape index (κ3) is 3.70. The first kappa shape index (κ1) is 16.8. The molecule has 0 aliphatic rings. The molecule has 0 bridgehead atoms. The Morgan fingerprint density at radius 2 is 1.62 bits per heavy atom. The maximum atomic E-state index is 4.38. The van der Waals surface area contributed by atoms with Crippen LogP contribution in [0.15, 0.2) is 53.7 Å². The van der Waals surface area contributed by atoms with E-state index in [1.165, 1.54) is 16.7 Å². The Morgan fingerprint density at radius 3 is 2.25 bits per heavy atom. The summed E-state index contributed by atoms with van der Waals surface area (Å²) in [4.78, 5) is 0. The maximum Gasteiger partial charge on any atom is 0.191 e. The fourth-order valence-corrected chi connectivity index (χ4v) is 3.41. The van der Waals surface area contributed by atoms with E-state index in [9.17, 15) is 0 Å². The van der Waals surface area contributed by atoms with Crippen LogP contribution in [0.25, 0.3) is 11.4 Å². The van der Waals surface area contributed by atoms with Crippen molar-refractivity contribution in [2.75, 3.05) is 0 Å². The van der Waals surface area contributed by atoms with Crippen molar-refractivity contribution in [3.8, 4) is 11.4 Å². The fourth-order valence-electron chi connectivity index (χ4n) is 2.54. The van der Waals surface area contributed by atoms with Gasteiger partial charge in [-0.15, -0.1) is 10.2 Å². The number of hydrogen-bond acceptors (Lipinski definition) is 3. The first-order valence-electron chi connectivity index (χ1n) is 8.22. The van der Waals surface area contributed by atoms with E-state index in [1.54, 1.807) is 11.8 Å². The largest absolute Gasteiger partial charge is 0.305 e. The molecule has 0 fully saturated rings. The van der Waals surface area contributed by atoms with Gasteiger partial charge in [0, 0.05) is 18.4 Å². The number of hydrogen-bond donors (Lipinski definition) is 0. The Morgan fingerprint density at radius 1 is 0.958 bits per heavy atom. The molecule has 0 amide bonds. The molecule has 0 unspecified atom stereocenters. The highest BCUT2D eigenvalue weighted by atomic mass is 32.2. The SMILES string of the molecule is Cc1ccc(CSc2nnc(-c3ccc(C(C)C)cc3)n2C)cc1. The van der Waals surface area contributed by atoms with Crippen molar-refractivity contribution in [2.24, 2.45) is 7.05 Å². The van der Waals surface area contributed by atoms with Crippen molar-refractivity contribution in [2.45, 2.75) is 37.6 Å². The summed E-state index contributed by atoms with van der Waals surface area (Å²) in [6.45, 7) is 6.52. The molecule has 0 saturated heterocycles. The van der Waals surface area contributed by atoms with Gasteiger partial charge in [0.15, 0.2) is 11.0 Å². The van der Waals surface area contributed by atoms with E-state index in [0.29, 0.717) is 5.92 Å². The number of aromatic nitrogens is 3. The zero-order chi connectivity index (χ0) is 17.1. The zero-order valence-corrected chi connectivity index (χ0v) is 15.5. The summed E-state index contributed by atoms with van der Waals surface area (Å²) >= 11 is 1.72. The quantitative estimate of drug-likeness (QED) is 0.599. The van der Waals surface area contributed by atoms with Gasteiger partial charge in [-0.05, 0) is 24.0 Å². The Balaban J connectivity index is 1.74. The van der Waals surface area contributed by atoms with E-state index < -0.39 is 0 Å². The van der Waals surface area contributed by atoms with Crippen LogP contribution in [0.5, 0.6) is 0 Å². The molecule has 3 rings (SSSR count). The summed E-state index contributed by atoms with van der Waals surface area (Å²) in [5.41, 5.74) is 5.04. The highest BCUT2D eigenvalue weighted by Gasteiger charge is 2.11. The van der Waals surface area contributed by atoms with E-state index in [1.807, 2.05) is 7.05 Å². The summed E-state index contributed by atoms with van der Waals surface area (Å²) in [6, 6.07) is 17.3. The molecule has 2 aromatic carbocycles. The van der Waals surface area contributed by atoms with Crippen molar-refractivity contribution in [1.82, 2.24) is 14.8 Å². The van der Waals surface area contributed by atoms with E-state index in [0.717, 1.165) is 22.3 Å². The fraction of sp³-hybridized carbons (Fsp3) is 0.300. The van der Waals surface area contributed by atoms with Gasteiger partial charge >= 0.3 is 0 Å². The molecule has 3 aromatic rings. The van der Waals surface area contributed by atoms with Crippen LogP contribution in [0, 0.1) is 6.92 Å². The minimum Gasteiger partial charge on any atom is -0.305 e. The molecule has 3 nitrogen and oxygen atoms in total. The lowest BCUT2D eigenvalue weighted by Crippen LogP contribution is -1.95. The second-order valence-corrected chi connectivity index (χ2v) is 7.36. The van der Waals surface area contributed by atoms with Gasteiger partial charge in [0.25, 0.3) is 0 Å². The van der Waals surface area contributed by atoms with E-state index >= 15 is 0 Å². The summed E-state index contributed by atoms with van der Waals surface area (Å²) in [5, 5.41) is 9.68. The van der Waals surface area contributed by atoms with Crippen LogP contribution in [0.1, 0.15) is 36.5 Å². The van der Waals surface area contributed by atoms with E-state index in [4.69, 9.17) is 0 Å². The van der Waals surface area contributed by atoms with Gasteiger partial charge in [-0.1, -0.05) is 79.7 Å². The van der Waals surface area contributed by atoms with Gasteiger partial charge in [-0.25, -0.2) is 0 Å².